The Kier molecular flexibility index (Phi) is 4.33. The second-order valence-electron chi connectivity index (χ2n) is 4.75. The van der Waals surface area contributed by atoms with E-state index < -0.39 is 0 Å². The molecule has 0 amide bonds. The molecule has 5 nitrogen and oxygen atoms in total. The van der Waals surface area contributed by atoms with Gasteiger partial charge in [-0.2, -0.15) is 0 Å². The van der Waals surface area contributed by atoms with E-state index in [1.165, 1.54) is 18.5 Å². The lowest BCUT2D eigenvalue weighted by Gasteiger charge is -2.11. The minimum Gasteiger partial charge on any atom is -0.495 e. The van der Waals surface area contributed by atoms with Crippen LogP contribution in [0.2, 0.25) is 0 Å². The normalized spacial score (nSPS) is 10.2. The van der Waals surface area contributed by atoms with Crippen LogP contribution in [0.1, 0.15) is 0 Å². The van der Waals surface area contributed by atoms with Gasteiger partial charge < -0.3 is 15.4 Å². The van der Waals surface area contributed by atoms with Crippen LogP contribution in [0.15, 0.2) is 60.9 Å². The summed E-state index contributed by atoms with van der Waals surface area (Å²) in [6, 6.07) is 15.5. The van der Waals surface area contributed by atoms with Gasteiger partial charge in [-0.3, -0.25) is 0 Å². The molecule has 1 aromatic heterocycles. The Morgan fingerprint density at radius 2 is 1.70 bits per heavy atom. The molecule has 0 aliphatic heterocycles. The molecule has 0 saturated carbocycles. The van der Waals surface area contributed by atoms with Crippen molar-refractivity contribution in [2.24, 2.45) is 0 Å². The van der Waals surface area contributed by atoms with Crippen LogP contribution in [0.3, 0.4) is 0 Å². The van der Waals surface area contributed by atoms with E-state index in [9.17, 15) is 4.39 Å². The predicted octanol–water partition coefficient (Wildman–Crippen LogP) is 4.11. The van der Waals surface area contributed by atoms with Gasteiger partial charge >= 0.3 is 0 Å². The number of para-hydroxylation sites is 2. The molecular weight excluding hydrogens is 295 g/mol. The number of ether oxygens (including phenoxy) is 1. The van der Waals surface area contributed by atoms with Crippen LogP contribution in [0.25, 0.3) is 0 Å². The molecule has 0 fully saturated rings. The Hall–Kier alpha value is -3.15. The van der Waals surface area contributed by atoms with Crippen LogP contribution < -0.4 is 15.4 Å². The molecule has 2 aromatic carbocycles. The molecular formula is C17H15FN4O. The van der Waals surface area contributed by atoms with E-state index in [4.69, 9.17) is 4.74 Å². The summed E-state index contributed by atoms with van der Waals surface area (Å²) in [6.45, 7) is 0. The van der Waals surface area contributed by atoms with Gasteiger partial charge in [0.15, 0.2) is 0 Å². The predicted molar refractivity (Wildman–Crippen MR) is 88.0 cm³/mol. The third kappa shape index (κ3) is 3.74. The van der Waals surface area contributed by atoms with E-state index >= 15 is 0 Å². The number of anilines is 4. The number of methoxy groups -OCH3 is 1. The van der Waals surface area contributed by atoms with Crippen molar-refractivity contribution in [2.75, 3.05) is 17.7 Å². The fraction of sp³-hybridized carbons (Fsp3) is 0.0588. The Morgan fingerprint density at radius 3 is 2.48 bits per heavy atom. The number of benzene rings is 2. The summed E-state index contributed by atoms with van der Waals surface area (Å²) in [5.74, 6) is 1.56. The Morgan fingerprint density at radius 1 is 0.913 bits per heavy atom. The van der Waals surface area contributed by atoms with Gasteiger partial charge in [0, 0.05) is 11.8 Å². The first kappa shape index (κ1) is 14.8. The van der Waals surface area contributed by atoms with Gasteiger partial charge in [0.2, 0.25) is 0 Å². The largest absolute Gasteiger partial charge is 0.495 e. The fourth-order valence-electron chi connectivity index (χ4n) is 2.09. The first-order valence-corrected chi connectivity index (χ1v) is 6.99. The average Bonchev–Trinajstić information content (AvgIpc) is 2.56. The molecule has 2 N–H and O–H groups in total. The minimum absolute atomic E-state index is 0.309. The summed E-state index contributed by atoms with van der Waals surface area (Å²) in [5, 5.41) is 6.21. The maximum atomic E-state index is 13.2. The van der Waals surface area contributed by atoms with Crippen molar-refractivity contribution in [1.82, 2.24) is 9.97 Å². The van der Waals surface area contributed by atoms with Crippen molar-refractivity contribution >= 4 is 23.0 Å². The van der Waals surface area contributed by atoms with Gasteiger partial charge in [-0.1, -0.05) is 18.2 Å². The van der Waals surface area contributed by atoms with Gasteiger partial charge in [-0.05, 0) is 30.3 Å². The van der Waals surface area contributed by atoms with Crippen LogP contribution in [0, 0.1) is 5.82 Å². The third-order valence-electron chi connectivity index (χ3n) is 3.13. The first-order chi connectivity index (χ1) is 11.2. The smallest absolute Gasteiger partial charge is 0.142 e. The number of nitrogens with one attached hydrogen (secondary N) is 2. The van der Waals surface area contributed by atoms with Crippen LogP contribution in [0.5, 0.6) is 5.75 Å². The number of hydrogen-bond acceptors (Lipinski definition) is 5. The van der Waals surface area contributed by atoms with E-state index in [2.05, 4.69) is 20.6 Å². The van der Waals surface area contributed by atoms with Crippen LogP contribution in [0.4, 0.5) is 27.4 Å². The van der Waals surface area contributed by atoms with Crippen molar-refractivity contribution in [3.8, 4) is 5.75 Å². The molecule has 23 heavy (non-hydrogen) atoms. The zero-order chi connectivity index (χ0) is 16.1. The molecule has 3 rings (SSSR count). The SMILES string of the molecule is COc1ccccc1Nc1cc(Nc2cccc(F)c2)ncn1. The highest BCUT2D eigenvalue weighted by Gasteiger charge is 2.04. The summed E-state index contributed by atoms with van der Waals surface area (Å²) < 4.78 is 18.5. The molecule has 0 saturated heterocycles. The summed E-state index contributed by atoms with van der Waals surface area (Å²) in [4.78, 5) is 8.31. The standard InChI is InChI=1S/C17H15FN4O/c1-23-15-8-3-2-7-14(15)22-17-10-16(19-11-20-17)21-13-6-4-5-12(18)9-13/h2-11H,1H3,(H2,19,20,21,22). The second kappa shape index (κ2) is 6.74. The van der Waals surface area contributed by atoms with E-state index in [0.717, 1.165) is 5.69 Å². The summed E-state index contributed by atoms with van der Waals surface area (Å²) in [6.07, 6.45) is 1.43. The summed E-state index contributed by atoms with van der Waals surface area (Å²) >= 11 is 0. The molecule has 0 bridgehead atoms. The van der Waals surface area contributed by atoms with Crippen molar-refractivity contribution in [3.05, 3.63) is 66.7 Å². The highest BCUT2D eigenvalue weighted by atomic mass is 19.1. The van der Waals surface area contributed by atoms with Crippen molar-refractivity contribution in [3.63, 3.8) is 0 Å². The second-order valence-corrected chi connectivity index (χ2v) is 4.75. The maximum Gasteiger partial charge on any atom is 0.142 e. The highest BCUT2D eigenvalue weighted by molar-refractivity contribution is 5.66. The van der Waals surface area contributed by atoms with E-state index in [0.29, 0.717) is 23.1 Å². The lowest BCUT2D eigenvalue weighted by atomic mass is 10.3. The average molecular weight is 310 g/mol. The molecule has 3 aromatic rings. The van der Waals surface area contributed by atoms with E-state index in [-0.39, 0.29) is 5.82 Å². The molecule has 0 unspecified atom stereocenters. The Balaban J connectivity index is 1.80. The van der Waals surface area contributed by atoms with Crippen LogP contribution in [-0.4, -0.2) is 17.1 Å². The van der Waals surface area contributed by atoms with E-state index in [1.54, 1.807) is 25.3 Å². The van der Waals surface area contributed by atoms with Crippen LogP contribution >= 0.6 is 0 Å². The number of nitrogens with zero attached hydrogens (tertiary/aromatic N) is 2. The van der Waals surface area contributed by atoms with Gasteiger partial charge in [-0.25, -0.2) is 14.4 Å². The van der Waals surface area contributed by atoms with Crippen molar-refractivity contribution in [1.29, 1.82) is 0 Å². The number of rotatable bonds is 5. The first-order valence-electron chi connectivity index (χ1n) is 6.99. The lowest BCUT2D eigenvalue weighted by molar-refractivity contribution is 0.417. The number of halogens is 1. The zero-order valence-corrected chi connectivity index (χ0v) is 12.5. The molecule has 0 radical (unpaired) electrons. The molecule has 6 heteroatoms. The lowest BCUT2D eigenvalue weighted by Crippen LogP contribution is -1.99. The zero-order valence-electron chi connectivity index (χ0n) is 12.5. The Labute approximate surface area is 133 Å². The molecule has 0 aliphatic rings. The van der Waals surface area contributed by atoms with Crippen molar-refractivity contribution in [2.45, 2.75) is 0 Å². The van der Waals surface area contributed by atoms with Gasteiger partial charge in [-0.15, -0.1) is 0 Å². The van der Waals surface area contributed by atoms with Crippen LogP contribution in [-0.2, 0) is 0 Å². The quantitative estimate of drug-likeness (QED) is 0.742. The number of aromatic nitrogens is 2. The molecule has 0 aliphatic carbocycles. The molecule has 1 heterocycles. The maximum absolute atomic E-state index is 13.2. The molecule has 0 atom stereocenters. The van der Waals surface area contributed by atoms with Gasteiger partial charge in [0.25, 0.3) is 0 Å². The minimum atomic E-state index is -0.309. The monoisotopic (exact) mass is 310 g/mol. The summed E-state index contributed by atoms with van der Waals surface area (Å²) in [7, 11) is 1.61. The summed E-state index contributed by atoms with van der Waals surface area (Å²) in [5.41, 5.74) is 1.41. The van der Waals surface area contributed by atoms with Gasteiger partial charge in [0.1, 0.15) is 29.5 Å². The van der Waals surface area contributed by atoms with Gasteiger partial charge in [0.05, 0.1) is 12.8 Å². The van der Waals surface area contributed by atoms with Crippen molar-refractivity contribution < 1.29 is 9.13 Å². The number of hydrogen-bond donors (Lipinski definition) is 2. The molecule has 0 spiro atoms. The third-order valence-corrected chi connectivity index (χ3v) is 3.13. The Bertz CT molecular complexity index is 810. The molecule has 116 valence electrons. The van der Waals surface area contributed by atoms with E-state index in [1.807, 2.05) is 24.3 Å². The fourth-order valence-corrected chi connectivity index (χ4v) is 2.09. The topological polar surface area (TPSA) is 59.1 Å². The highest BCUT2D eigenvalue weighted by Crippen LogP contribution is 2.27.